The van der Waals surface area contributed by atoms with Crippen LogP contribution in [0.4, 0.5) is 0 Å². The molecule has 0 saturated heterocycles. The largest absolute Gasteiger partial charge is 0.372 e. The van der Waals surface area contributed by atoms with Gasteiger partial charge in [0.15, 0.2) is 0 Å². The predicted octanol–water partition coefficient (Wildman–Crippen LogP) is 4.35. The second-order valence-electron chi connectivity index (χ2n) is 7.14. The first-order valence-electron chi connectivity index (χ1n) is 9.60. The summed E-state index contributed by atoms with van der Waals surface area (Å²) in [6, 6.07) is 6.67. The highest BCUT2D eigenvalue weighted by atomic mass is 16.5. The summed E-state index contributed by atoms with van der Waals surface area (Å²) in [7, 11) is 2.09. The van der Waals surface area contributed by atoms with Gasteiger partial charge in [-0.05, 0) is 49.8 Å². The first-order valence-corrected chi connectivity index (χ1v) is 9.60. The molecule has 2 N–H and O–H groups in total. The van der Waals surface area contributed by atoms with Gasteiger partial charge in [0.2, 0.25) is 5.91 Å². The zero-order valence-corrected chi connectivity index (χ0v) is 15.7. The third kappa shape index (κ3) is 3.32. The van der Waals surface area contributed by atoms with E-state index in [1.807, 2.05) is 6.92 Å². The van der Waals surface area contributed by atoms with Crippen LogP contribution in [0.2, 0.25) is 0 Å². The van der Waals surface area contributed by atoms with Crippen molar-refractivity contribution >= 4 is 16.8 Å². The smallest absolute Gasteiger partial charge is 0.225 e. The number of aromatic nitrogens is 1. The number of hydrogen-bond acceptors (Lipinski definition) is 2. The van der Waals surface area contributed by atoms with Gasteiger partial charge in [0.05, 0.1) is 17.7 Å². The van der Waals surface area contributed by atoms with Gasteiger partial charge in [-0.25, -0.2) is 0 Å². The minimum absolute atomic E-state index is 0.0524. The second kappa shape index (κ2) is 7.61. The van der Waals surface area contributed by atoms with Crippen molar-refractivity contribution in [2.24, 2.45) is 12.8 Å². The molecule has 0 spiro atoms. The lowest BCUT2D eigenvalue weighted by Gasteiger charge is -2.28. The average molecular weight is 342 g/mol. The highest BCUT2D eigenvalue weighted by molar-refractivity contribution is 5.94. The third-order valence-electron chi connectivity index (χ3n) is 5.50. The maximum absolute atomic E-state index is 12.0. The van der Waals surface area contributed by atoms with Crippen molar-refractivity contribution in [2.45, 2.75) is 64.4 Å². The number of unbranched alkanes of at least 4 members (excludes halogenated alkanes) is 2. The molecule has 1 amide bonds. The molecule has 1 aliphatic rings. The van der Waals surface area contributed by atoms with Gasteiger partial charge in [-0.2, -0.15) is 0 Å². The molecule has 136 valence electrons. The molecule has 2 aromatic rings. The number of amides is 1. The number of nitrogens with zero attached hydrogens (tertiary/aromatic N) is 1. The number of carbonyl (C=O) groups is 1. The molecule has 1 aromatic heterocycles. The Morgan fingerprint density at radius 1 is 1.28 bits per heavy atom. The van der Waals surface area contributed by atoms with Gasteiger partial charge >= 0.3 is 0 Å². The molecule has 0 aliphatic heterocycles. The van der Waals surface area contributed by atoms with Crippen LogP contribution in [0.15, 0.2) is 18.2 Å². The van der Waals surface area contributed by atoms with Gasteiger partial charge in [0, 0.05) is 24.6 Å². The van der Waals surface area contributed by atoms with Crippen molar-refractivity contribution in [2.75, 3.05) is 6.61 Å². The molecule has 0 fully saturated rings. The summed E-state index contributed by atoms with van der Waals surface area (Å²) in [6.07, 6.45) is 6.49. The number of carbonyl (C=O) groups excluding carboxylic acids is 1. The molecule has 1 aromatic carbocycles. The van der Waals surface area contributed by atoms with E-state index in [-0.39, 0.29) is 17.9 Å². The molecule has 2 unspecified atom stereocenters. The Labute approximate surface area is 150 Å². The van der Waals surface area contributed by atoms with Crippen LogP contribution in [0.3, 0.4) is 0 Å². The maximum Gasteiger partial charge on any atom is 0.225 e. The van der Waals surface area contributed by atoms with E-state index < -0.39 is 0 Å². The highest BCUT2D eigenvalue weighted by Gasteiger charge is 2.35. The van der Waals surface area contributed by atoms with Gasteiger partial charge in [-0.3, -0.25) is 4.79 Å². The van der Waals surface area contributed by atoms with Crippen molar-refractivity contribution in [3.05, 3.63) is 35.0 Å². The van der Waals surface area contributed by atoms with Crippen LogP contribution >= 0.6 is 0 Å². The predicted molar refractivity (Wildman–Crippen MR) is 102 cm³/mol. The number of hydrogen-bond donors (Lipinski definition) is 1. The Balaban J connectivity index is 2.09. The molecule has 0 bridgehead atoms. The molecule has 4 heteroatoms. The first kappa shape index (κ1) is 18.0. The normalized spacial score (nSPS) is 20.0. The minimum Gasteiger partial charge on any atom is -0.372 e. The van der Waals surface area contributed by atoms with Crippen LogP contribution in [0.1, 0.15) is 74.8 Å². The van der Waals surface area contributed by atoms with E-state index in [0.29, 0.717) is 6.61 Å². The molecule has 3 rings (SSSR count). The summed E-state index contributed by atoms with van der Waals surface area (Å²) < 4.78 is 8.21. The Morgan fingerprint density at radius 2 is 2.08 bits per heavy atom. The molecule has 1 aliphatic carbocycles. The Hall–Kier alpha value is -1.81. The van der Waals surface area contributed by atoms with Gasteiger partial charge in [-0.15, -0.1) is 0 Å². The molecule has 2 atom stereocenters. The van der Waals surface area contributed by atoms with Crippen LogP contribution in [-0.2, 0) is 23.0 Å². The molecular weight excluding hydrogens is 312 g/mol. The van der Waals surface area contributed by atoms with Crippen molar-refractivity contribution in [3.63, 3.8) is 0 Å². The SMILES string of the molecule is CCCCCc1ccc2c3c(n(C)c2c1)C(OCC)CCC3C(N)=O. The maximum atomic E-state index is 12.0. The summed E-state index contributed by atoms with van der Waals surface area (Å²) in [5, 5.41) is 1.16. The summed E-state index contributed by atoms with van der Waals surface area (Å²) >= 11 is 0. The summed E-state index contributed by atoms with van der Waals surface area (Å²) in [4.78, 5) is 12.0. The molecule has 4 nitrogen and oxygen atoms in total. The lowest BCUT2D eigenvalue weighted by Crippen LogP contribution is -2.27. The van der Waals surface area contributed by atoms with Crippen molar-refractivity contribution in [1.29, 1.82) is 0 Å². The number of rotatable bonds is 7. The lowest BCUT2D eigenvalue weighted by atomic mass is 9.83. The standard InChI is InChI=1S/C21H30N2O2/c1-4-6-7-8-14-9-10-15-17(13-14)23(3)20-18(25-5-2)12-11-16(19(15)20)21(22)24/h9-10,13,16,18H,4-8,11-12H2,1-3H3,(H2,22,24). The fourth-order valence-corrected chi connectivity index (χ4v) is 4.27. The van der Waals surface area contributed by atoms with Crippen LogP contribution in [0.5, 0.6) is 0 Å². The quantitative estimate of drug-likeness (QED) is 0.760. The summed E-state index contributed by atoms with van der Waals surface area (Å²) in [5.74, 6) is -0.433. The van der Waals surface area contributed by atoms with Crippen LogP contribution in [0, 0.1) is 0 Å². The van der Waals surface area contributed by atoms with Gasteiger partial charge in [0.25, 0.3) is 0 Å². The van der Waals surface area contributed by atoms with Crippen molar-refractivity contribution in [1.82, 2.24) is 4.57 Å². The van der Waals surface area contributed by atoms with Crippen LogP contribution < -0.4 is 5.73 Å². The van der Waals surface area contributed by atoms with Crippen LogP contribution in [0.25, 0.3) is 10.9 Å². The van der Waals surface area contributed by atoms with E-state index in [1.165, 1.54) is 30.3 Å². The molecule has 1 heterocycles. The zero-order valence-electron chi connectivity index (χ0n) is 15.7. The first-order chi connectivity index (χ1) is 12.1. The van der Waals surface area contributed by atoms with Crippen molar-refractivity contribution < 1.29 is 9.53 Å². The number of benzene rings is 1. The van der Waals surface area contributed by atoms with E-state index in [0.717, 1.165) is 35.9 Å². The summed E-state index contributed by atoms with van der Waals surface area (Å²) in [6.45, 7) is 4.93. The number of primary amides is 1. The number of fused-ring (bicyclic) bond motifs is 3. The molecular formula is C21H30N2O2. The third-order valence-corrected chi connectivity index (χ3v) is 5.50. The fraction of sp³-hybridized carbons (Fsp3) is 0.571. The lowest BCUT2D eigenvalue weighted by molar-refractivity contribution is -0.120. The Morgan fingerprint density at radius 3 is 2.76 bits per heavy atom. The minimum atomic E-state index is -0.226. The van der Waals surface area contributed by atoms with Crippen molar-refractivity contribution in [3.8, 4) is 0 Å². The van der Waals surface area contributed by atoms with Crippen LogP contribution in [-0.4, -0.2) is 17.1 Å². The number of ether oxygens (including phenoxy) is 1. The van der Waals surface area contributed by atoms with E-state index in [9.17, 15) is 4.79 Å². The monoisotopic (exact) mass is 342 g/mol. The van der Waals surface area contributed by atoms with E-state index in [4.69, 9.17) is 10.5 Å². The Kier molecular flexibility index (Phi) is 5.48. The number of nitrogens with two attached hydrogens (primary N) is 1. The zero-order chi connectivity index (χ0) is 18.0. The van der Waals surface area contributed by atoms with Gasteiger partial charge < -0.3 is 15.0 Å². The average Bonchev–Trinajstić information content (AvgIpc) is 2.89. The fourth-order valence-electron chi connectivity index (χ4n) is 4.27. The highest BCUT2D eigenvalue weighted by Crippen LogP contribution is 2.44. The molecule has 25 heavy (non-hydrogen) atoms. The van der Waals surface area contributed by atoms with E-state index >= 15 is 0 Å². The number of aryl methyl sites for hydroxylation is 2. The van der Waals surface area contributed by atoms with E-state index in [2.05, 4.69) is 36.7 Å². The second-order valence-corrected chi connectivity index (χ2v) is 7.14. The molecule has 0 radical (unpaired) electrons. The van der Waals surface area contributed by atoms with Gasteiger partial charge in [-0.1, -0.05) is 31.9 Å². The summed E-state index contributed by atoms with van der Waals surface area (Å²) in [5.41, 5.74) is 10.5. The Bertz CT molecular complexity index is 763. The van der Waals surface area contributed by atoms with Gasteiger partial charge in [0.1, 0.15) is 0 Å². The van der Waals surface area contributed by atoms with E-state index in [1.54, 1.807) is 0 Å². The topological polar surface area (TPSA) is 57.2 Å². The molecule has 0 saturated carbocycles.